The SMILES string of the molecule is COc1cc(OC)cc(-c2[nH]c3c(C)c(Cl)ccc3c2CCCCN)c1. The fourth-order valence-corrected chi connectivity index (χ4v) is 3.50. The minimum atomic E-state index is 0.704. The fraction of sp³-hybridized carbons (Fsp3) is 0.333. The predicted molar refractivity (Wildman–Crippen MR) is 109 cm³/mol. The number of aryl methyl sites for hydroxylation is 2. The topological polar surface area (TPSA) is 60.3 Å². The average Bonchev–Trinajstić information content (AvgIpc) is 3.04. The standard InChI is InChI=1S/C21H25ClN2O2/c1-13-19(22)8-7-18-17(6-4-5-9-23)21(24-20(13)18)14-10-15(25-2)12-16(11-14)26-3/h7-8,10-12,24H,4-6,9,23H2,1-3H3. The van der Waals surface area contributed by atoms with E-state index in [1.807, 2.05) is 31.2 Å². The first-order chi connectivity index (χ1) is 12.6. The van der Waals surface area contributed by atoms with Gasteiger partial charge in [-0.3, -0.25) is 0 Å². The van der Waals surface area contributed by atoms with Gasteiger partial charge in [-0.2, -0.15) is 0 Å². The molecule has 1 heterocycles. The lowest BCUT2D eigenvalue weighted by molar-refractivity contribution is 0.394. The summed E-state index contributed by atoms with van der Waals surface area (Å²) in [5.41, 5.74) is 11.2. The van der Waals surface area contributed by atoms with Crippen LogP contribution in [0.15, 0.2) is 30.3 Å². The number of fused-ring (bicyclic) bond motifs is 1. The van der Waals surface area contributed by atoms with Crippen molar-refractivity contribution >= 4 is 22.5 Å². The first-order valence-corrected chi connectivity index (χ1v) is 9.20. The number of aromatic nitrogens is 1. The smallest absolute Gasteiger partial charge is 0.123 e. The van der Waals surface area contributed by atoms with Gasteiger partial charge < -0.3 is 20.2 Å². The van der Waals surface area contributed by atoms with Crippen LogP contribution < -0.4 is 15.2 Å². The summed E-state index contributed by atoms with van der Waals surface area (Å²) < 4.78 is 10.9. The van der Waals surface area contributed by atoms with E-state index in [0.29, 0.717) is 6.54 Å². The molecule has 0 spiro atoms. The van der Waals surface area contributed by atoms with Crippen LogP contribution in [0.4, 0.5) is 0 Å². The Hall–Kier alpha value is -2.17. The zero-order chi connectivity index (χ0) is 18.7. The van der Waals surface area contributed by atoms with Gasteiger partial charge in [0.05, 0.1) is 19.7 Å². The van der Waals surface area contributed by atoms with Crippen LogP contribution in [-0.2, 0) is 6.42 Å². The average molecular weight is 373 g/mol. The monoisotopic (exact) mass is 372 g/mol. The number of nitrogens with two attached hydrogens (primary N) is 1. The summed E-state index contributed by atoms with van der Waals surface area (Å²) in [7, 11) is 3.33. The highest BCUT2D eigenvalue weighted by Gasteiger charge is 2.17. The molecule has 0 amide bonds. The van der Waals surface area contributed by atoms with Crippen molar-refractivity contribution in [3.05, 3.63) is 46.5 Å². The fourth-order valence-electron chi connectivity index (χ4n) is 3.34. The number of rotatable bonds is 7. The number of hydrogen-bond donors (Lipinski definition) is 2. The van der Waals surface area contributed by atoms with Crippen LogP contribution >= 0.6 is 11.6 Å². The van der Waals surface area contributed by atoms with Crippen molar-refractivity contribution in [2.45, 2.75) is 26.2 Å². The summed E-state index contributed by atoms with van der Waals surface area (Å²) in [5.74, 6) is 1.53. The van der Waals surface area contributed by atoms with Crippen LogP contribution in [0.25, 0.3) is 22.2 Å². The summed E-state index contributed by atoms with van der Waals surface area (Å²) in [6.07, 6.45) is 2.99. The second kappa shape index (κ2) is 8.02. The molecule has 26 heavy (non-hydrogen) atoms. The van der Waals surface area contributed by atoms with Gasteiger partial charge >= 0.3 is 0 Å². The predicted octanol–water partition coefficient (Wildman–Crippen LogP) is 5.10. The van der Waals surface area contributed by atoms with Crippen LogP contribution in [0.1, 0.15) is 24.0 Å². The lowest BCUT2D eigenvalue weighted by Crippen LogP contribution is -1.99. The van der Waals surface area contributed by atoms with Gasteiger partial charge in [-0.05, 0) is 62.1 Å². The summed E-state index contributed by atoms with van der Waals surface area (Å²) in [6, 6.07) is 9.99. The number of hydrogen-bond acceptors (Lipinski definition) is 3. The van der Waals surface area contributed by atoms with Crippen LogP contribution in [-0.4, -0.2) is 25.7 Å². The van der Waals surface area contributed by atoms with E-state index in [-0.39, 0.29) is 0 Å². The minimum Gasteiger partial charge on any atom is -0.497 e. The van der Waals surface area contributed by atoms with Gasteiger partial charge in [0.15, 0.2) is 0 Å². The number of nitrogens with one attached hydrogen (secondary N) is 1. The van der Waals surface area contributed by atoms with Gasteiger partial charge in [0.2, 0.25) is 0 Å². The molecule has 0 aliphatic rings. The summed E-state index contributed by atoms with van der Waals surface area (Å²) in [4.78, 5) is 3.59. The highest BCUT2D eigenvalue weighted by atomic mass is 35.5. The number of H-pyrrole nitrogens is 1. The molecule has 0 bridgehead atoms. The quantitative estimate of drug-likeness (QED) is 0.567. The van der Waals surface area contributed by atoms with Crippen molar-refractivity contribution in [3.8, 4) is 22.8 Å². The van der Waals surface area contributed by atoms with Gasteiger partial charge in [0.25, 0.3) is 0 Å². The highest BCUT2D eigenvalue weighted by molar-refractivity contribution is 6.32. The van der Waals surface area contributed by atoms with Crippen molar-refractivity contribution in [3.63, 3.8) is 0 Å². The Bertz CT molecular complexity index is 896. The molecule has 0 radical (unpaired) electrons. The molecular formula is C21H25ClN2O2. The van der Waals surface area contributed by atoms with Crippen molar-refractivity contribution in [1.29, 1.82) is 0 Å². The molecule has 5 heteroatoms. The van der Waals surface area contributed by atoms with E-state index in [1.165, 1.54) is 10.9 Å². The van der Waals surface area contributed by atoms with E-state index >= 15 is 0 Å². The first-order valence-electron chi connectivity index (χ1n) is 8.82. The number of methoxy groups -OCH3 is 2. The molecule has 0 atom stereocenters. The number of benzene rings is 2. The van der Waals surface area contributed by atoms with Crippen LogP contribution in [0, 0.1) is 6.92 Å². The van der Waals surface area contributed by atoms with E-state index in [4.69, 9.17) is 26.8 Å². The molecule has 4 nitrogen and oxygen atoms in total. The molecule has 3 N–H and O–H groups in total. The molecule has 0 aliphatic heterocycles. The Morgan fingerprint density at radius 3 is 2.35 bits per heavy atom. The first kappa shape index (κ1) is 18.6. The van der Waals surface area contributed by atoms with E-state index in [9.17, 15) is 0 Å². The molecule has 3 rings (SSSR count). The number of unbranched alkanes of at least 4 members (excludes halogenated alkanes) is 1. The van der Waals surface area contributed by atoms with Gasteiger partial charge in [-0.15, -0.1) is 0 Å². The second-order valence-electron chi connectivity index (χ2n) is 6.42. The number of ether oxygens (including phenoxy) is 2. The Morgan fingerprint density at radius 1 is 1.04 bits per heavy atom. The molecule has 0 saturated carbocycles. The van der Waals surface area contributed by atoms with Crippen LogP contribution in [0.2, 0.25) is 5.02 Å². The van der Waals surface area contributed by atoms with Crippen molar-refractivity contribution in [2.75, 3.05) is 20.8 Å². The molecule has 0 fully saturated rings. The van der Waals surface area contributed by atoms with Crippen molar-refractivity contribution < 1.29 is 9.47 Å². The van der Waals surface area contributed by atoms with Crippen molar-refractivity contribution in [2.24, 2.45) is 5.73 Å². The Kier molecular flexibility index (Phi) is 5.74. The molecule has 138 valence electrons. The van der Waals surface area contributed by atoms with Crippen LogP contribution in [0.5, 0.6) is 11.5 Å². The Labute approximate surface area is 159 Å². The second-order valence-corrected chi connectivity index (χ2v) is 6.83. The zero-order valence-corrected chi connectivity index (χ0v) is 16.2. The number of aromatic amines is 1. The van der Waals surface area contributed by atoms with E-state index < -0.39 is 0 Å². The lowest BCUT2D eigenvalue weighted by atomic mass is 9.99. The summed E-state index contributed by atoms with van der Waals surface area (Å²) >= 11 is 6.34. The zero-order valence-electron chi connectivity index (χ0n) is 15.5. The molecule has 2 aromatic carbocycles. The normalized spacial score (nSPS) is 11.1. The summed E-state index contributed by atoms with van der Waals surface area (Å²) in [6.45, 7) is 2.75. The largest absolute Gasteiger partial charge is 0.497 e. The van der Waals surface area contributed by atoms with Gasteiger partial charge in [0.1, 0.15) is 11.5 Å². The van der Waals surface area contributed by atoms with Gasteiger partial charge in [-0.25, -0.2) is 0 Å². The van der Waals surface area contributed by atoms with Gasteiger partial charge in [0, 0.05) is 27.7 Å². The third-order valence-corrected chi connectivity index (χ3v) is 5.21. The molecule has 0 saturated heterocycles. The molecule has 0 unspecified atom stereocenters. The maximum absolute atomic E-state index is 6.34. The number of halogens is 1. The Balaban J connectivity index is 2.20. The summed E-state index contributed by atoms with van der Waals surface area (Å²) in [5, 5.41) is 1.97. The minimum absolute atomic E-state index is 0.704. The van der Waals surface area contributed by atoms with Gasteiger partial charge in [-0.1, -0.05) is 17.7 Å². The maximum atomic E-state index is 6.34. The third kappa shape index (κ3) is 3.53. The molecule has 3 aromatic rings. The third-order valence-electron chi connectivity index (χ3n) is 4.80. The lowest BCUT2D eigenvalue weighted by Gasteiger charge is -2.10. The molecule has 1 aromatic heterocycles. The van der Waals surface area contributed by atoms with Crippen molar-refractivity contribution in [1.82, 2.24) is 4.98 Å². The van der Waals surface area contributed by atoms with Crippen LogP contribution in [0.3, 0.4) is 0 Å². The maximum Gasteiger partial charge on any atom is 0.123 e. The highest BCUT2D eigenvalue weighted by Crippen LogP contribution is 2.37. The Morgan fingerprint density at radius 2 is 1.73 bits per heavy atom. The van der Waals surface area contributed by atoms with E-state index in [2.05, 4.69) is 11.1 Å². The van der Waals surface area contributed by atoms with E-state index in [1.54, 1.807) is 14.2 Å². The molecular weight excluding hydrogens is 348 g/mol. The molecule has 0 aliphatic carbocycles. The van der Waals surface area contributed by atoms with E-state index in [0.717, 1.165) is 58.1 Å².